The van der Waals surface area contributed by atoms with Gasteiger partial charge in [0.25, 0.3) is 0 Å². The third-order valence-electron chi connectivity index (χ3n) is 5.60. The number of aromatic nitrogens is 1. The Balaban J connectivity index is 2.04. The molecule has 0 spiro atoms. The molecule has 3 nitrogen and oxygen atoms in total. The average Bonchev–Trinajstić information content (AvgIpc) is 2.94. The molecule has 25 heavy (non-hydrogen) atoms. The van der Waals surface area contributed by atoms with Crippen molar-refractivity contribution in [1.29, 1.82) is 0 Å². The lowest BCUT2D eigenvalue weighted by molar-refractivity contribution is 0.426. The first-order valence-electron chi connectivity index (χ1n) is 8.54. The lowest BCUT2D eigenvalue weighted by Gasteiger charge is -2.34. The zero-order valence-electron chi connectivity index (χ0n) is 14.2. The first kappa shape index (κ1) is 14.8. The molecular formula is C21H18BNO2. The summed E-state index contributed by atoms with van der Waals surface area (Å²) in [7, 11) is -1.46. The predicted octanol–water partition coefficient (Wildman–Crippen LogP) is 3.10. The van der Waals surface area contributed by atoms with Crippen LogP contribution in [0.4, 0.5) is 0 Å². The second-order valence-corrected chi connectivity index (χ2v) is 7.33. The smallest absolute Gasteiger partial charge is 0.423 e. The van der Waals surface area contributed by atoms with Crippen LogP contribution in [-0.4, -0.2) is 21.7 Å². The summed E-state index contributed by atoms with van der Waals surface area (Å²) in [6.45, 7) is 4.54. The first-order chi connectivity index (χ1) is 12.0. The van der Waals surface area contributed by atoms with Crippen molar-refractivity contribution < 1.29 is 10.0 Å². The predicted molar refractivity (Wildman–Crippen MR) is 103 cm³/mol. The van der Waals surface area contributed by atoms with E-state index in [1.54, 1.807) is 6.07 Å². The van der Waals surface area contributed by atoms with Crippen LogP contribution in [-0.2, 0) is 5.41 Å². The first-order valence-corrected chi connectivity index (χ1v) is 8.54. The molecule has 0 fully saturated rings. The van der Waals surface area contributed by atoms with Crippen molar-refractivity contribution in [2.24, 2.45) is 0 Å². The van der Waals surface area contributed by atoms with Gasteiger partial charge in [-0.1, -0.05) is 62.4 Å². The van der Waals surface area contributed by atoms with Crippen LogP contribution in [0.25, 0.3) is 27.5 Å². The Morgan fingerprint density at radius 2 is 1.60 bits per heavy atom. The SMILES string of the molecule is CC1(C)c2ccccc2-n2c3ccc(B(O)O)cc3c3cccc1c32. The van der Waals surface area contributed by atoms with Crippen LogP contribution in [0.3, 0.4) is 0 Å². The van der Waals surface area contributed by atoms with E-state index in [-0.39, 0.29) is 5.41 Å². The van der Waals surface area contributed by atoms with Gasteiger partial charge in [-0.05, 0) is 28.7 Å². The van der Waals surface area contributed by atoms with Crippen molar-refractivity contribution >= 4 is 34.4 Å². The highest BCUT2D eigenvalue weighted by atomic mass is 16.4. The topological polar surface area (TPSA) is 45.4 Å². The van der Waals surface area contributed by atoms with Gasteiger partial charge in [0.05, 0.1) is 16.7 Å². The number of nitrogens with zero attached hydrogens (tertiary/aromatic N) is 1. The molecule has 1 aliphatic rings. The van der Waals surface area contributed by atoms with Crippen LogP contribution >= 0.6 is 0 Å². The Labute approximate surface area is 146 Å². The molecule has 0 aliphatic carbocycles. The minimum atomic E-state index is -1.46. The fourth-order valence-electron chi connectivity index (χ4n) is 4.34. The highest BCUT2D eigenvalue weighted by Gasteiger charge is 2.34. The molecule has 4 aromatic rings. The summed E-state index contributed by atoms with van der Waals surface area (Å²) >= 11 is 0. The molecule has 122 valence electrons. The van der Waals surface area contributed by atoms with Crippen molar-refractivity contribution in [2.45, 2.75) is 19.3 Å². The Kier molecular flexibility index (Phi) is 2.80. The highest BCUT2D eigenvalue weighted by Crippen LogP contribution is 2.46. The van der Waals surface area contributed by atoms with Gasteiger partial charge in [0.1, 0.15) is 0 Å². The lowest BCUT2D eigenvalue weighted by atomic mass is 9.75. The monoisotopic (exact) mass is 327 g/mol. The molecule has 1 aromatic heterocycles. The molecule has 1 aliphatic heterocycles. The van der Waals surface area contributed by atoms with E-state index in [1.807, 2.05) is 12.1 Å². The van der Waals surface area contributed by atoms with Crippen LogP contribution in [0.2, 0.25) is 0 Å². The Morgan fingerprint density at radius 3 is 2.40 bits per heavy atom. The summed E-state index contributed by atoms with van der Waals surface area (Å²) < 4.78 is 2.31. The van der Waals surface area contributed by atoms with Gasteiger partial charge in [0.15, 0.2) is 0 Å². The third kappa shape index (κ3) is 1.78. The minimum absolute atomic E-state index is 0.0835. The van der Waals surface area contributed by atoms with Crippen molar-refractivity contribution in [3.63, 3.8) is 0 Å². The van der Waals surface area contributed by atoms with E-state index in [9.17, 15) is 10.0 Å². The number of fused-ring (bicyclic) bond motifs is 5. The molecule has 2 heterocycles. The zero-order chi connectivity index (χ0) is 17.3. The number of hydrogen-bond donors (Lipinski definition) is 2. The maximum Gasteiger partial charge on any atom is 0.488 e. The van der Waals surface area contributed by atoms with Gasteiger partial charge in [0.2, 0.25) is 0 Å². The van der Waals surface area contributed by atoms with Gasteiger partial charge in [0, 0.05) is 16.2 Å². The highest BCUT2D eigenvalue weighted by molar-refractivity contribution is 6.59. The zero-order valence-corrected chi connectivity index (χ0v) is 14.2. The maximum absolute atomic E-state index is 9.58. The summed E-state index contributed by atoms with van der Waals surface area (Å²) in [5, 5.41) is 21.4. The summed E-state index contributed by atoms with van der Waals surface area (Å²) in [6.07, 6.45) is 0. The Bertz CT molecular complexity index is 1160. The summed E-state index contributed by atoms with van der Waals surface area (Å²) in [5.41, 5.74) is 6.54. The van der Waals surface area contributed by atoms with E-state index in [0.717, 1.165) is 16.3 Å². The molecule has 4 heteroatoms. The summed E-state index contributed by atoms with van der Waals surface area (Å²) in [6, 6.07) is 20.6. The molecule has 5 rings (SSSR count). The number of benzene rings is 3. The van der Waals surface area contributed by atoms with Crippen LogP contribution in [0, 0.1) is 0 Å². The van der Waals surface area contributed by atoms with E-state index >= 15 is 0 Å². The van der Waals surface area contributed by atoms with Crippen molar-refractivity contribution in [1.82, 2.24) is 4.57 Å². The molecule has 0 saturated heterocycles. The number of para-hydroxylation sites is 2. The van der Waals surface area contributed by atoms with Gasteiger partial charge >= 0.3 is 7.12 Å². The number of hydrogen-bond acceptors (Lipinski definition) is 2. The molecule has 0 saturated carbocycles. The van der Waals surface area contributed by atoms with Gasteiger partial charge < -0.3 is 14.6 Å². The van der Waals surface area contributed by atoms with Crippen molar-refractivity contribution in [3.05, 3.63) is 71.8 Å². The van der Waals surface area contributed by atoms with Crippen LogP contribution in [0.15, 0.2) is 60.7 Å². The summed E-state index contributed by atoms with van der Waals surface area (Å²) in [5.74, 6) is 0. The third-order valence-corrected chi connectivity index (χ3v) is 5.60. The largest absolute Gasteiger partial charge is 0.488 e. The molecule has 0 amide bonds. The maximum atomic E-state index is 9.58. The second-order valence-electron chi connectivity index (χ2n) is 7.33. The van der Waals surface area contributed by atoms with Gasteiger partial charge in [-0.15, -0.1) is 0 Å². The summed E-state index contributed by atoms with van der Waals surface area (Å²) in [4.78, 5) is 0. The molecule has 3 aromatic carbocycles. The van der Waals surface area contributed by atoms with E-state index in [2.05, 4.69) is 60.9 Å². The normalized spacial score (nSPS) is 14.7. The molecule has 0 radical (unpaired) electrons. The number of rotatable bonds is 1. The molecule has 0 atom stereocenters. The molecule has 2 N–H and O–H groups in total. The standard InChI is InChI=1S/C21H18BNO2/c1-21(2)16-7-3-4-9-19(16)23-18-11-10-13(22(24)25)12-15(18)14-6-5-8-17(21)20(14)23/h3-12,24-25H,1-2H3. The van der Waals surface area contributed by atoms with E-state index < -0.39 is 7.12 Å². The molecular weight excluding hydrogens is 309 g/mol. The second kappa shape index (κ2) is 4.75. The fraction of sp³-hybridized carbons (Fsp3) is 0.143. The van der Waals surface area contributed by atoms with E-state index in [1.165, 1.54) is 22.3 Å². The van der Waals surface area contributed by atoms with Crippen LogP contribution < -0.4 is 5.46 Å². The van der Waals surface area contributed by atoms with Gasteiger partial charge in [-0.25, -0.2) is 0 Å². The van der Waals surface area contributed by atoms with Crippen molar-refractivity contribution in [3.8, 4) is 5.69 Å². The average molecular weight is 327 g/mol. The Morgan fingerprint density at radius 1 is 0.840 bits per heavy atom. The van der Waals surface area contributed by atoms with Gasteiger partial charge in [-0.3, -0.25) is 0 Å². The van der Waals surface area contributed by atoms with Crippen LogP contribution in [0.1, 0.15) is 25.0 Å². The lowest BCUT2D eigenvalue weighted by Crippen LogP contribution is -2.29. The van der Waals surface area contributed by atoms with E-state index in [0.29, 0.717) is 5.46 Å². The minimum Gasteiger partial charge on any atom is -0.423 e. The van der Waals surface area contributed by atoms with E-state index in [4.69, 9.17) is 0 Å². The quantitative estimate of drug-likeness (QED) is 0.528. The van der Waals surface area contributed by atoms with Gasteiger partial charge in [-0.2, -0.15) is 0 Å². The Hall–Kier alpha value is -2.56. The van der Waals surface area contributed by atoms with Crippen LogP contribution in [0.5, 0.6) is 0 Å². The van der Waals surface area contributed by atoms with Crippen molar-refractivity contribution in [2.75, 3.05) is 0 Å². The fourth-order valence-corrected chi connectivity index (χ4v) is 4.34. The molecule has 0 unspecified atom stereocenters. The molecule has 0 bridgehead atoms.